The van der Waals surface area contributed by atoms with Crippen molar-refractivity contribution in [2.75, 3.05) is 11.6 Å². The first-order valence-corrected chi connectivity index (χ1v) is 11.3. The number of unbranched alkanes of at least 4 members (excludes halogenated alkanes) is 2. The van der Waals surface area contributed by atoms with Gasteiger partial charge in [0.15, 0.2) is 15.5 Å². The molecule has 3 rings (SSSR count). The zero-order chi connectivity index (χ0) is 21.0. The van der Waals surface area contributed by atoms with Crippen molar-refractivity contribution in [1.29, 1.82) is 0 Å². The quantitative estimate of drug-likeness (QED) is 0.600. The lowest BCUT2D eigenvalue weighted by molar-refractivity contribution is 0.102. The zero-order valence-electron chi connectivity index (χ0n) is 16.4. The van der Waals surface area contributed by atoms with E-state index < -0.39 is 15.7 Å². The molecule has 0 aliphatic rings. The van der Waals surface area contributed by atoms with Gasteiger partial charge in [0.05, 0.1) is 16.0 Å². The summed E-state index contributed by atoms with van der Waals surface area (Å²) in [5, 5.41) is 7.78. The molecule has 0 saturated heterocycles. The maximum absolute atomic E-state index is 13.0. The molecule has 8 heteroatoms. The first kappa shape index (κ1) is 20.7. The summed E-state index contributed by atoms with van der Waals surface area (Å²) in [6.45, 7) is 2.48. The van der Waals surface area contributed by atoms with Crippen LogP contribution in [-0.4, -0.2) is 30.4 Å². The lowest BCUT2D eigenvalue weighted by Crippen LogP contribution is -2.28. The number of sulfone groups is 1. The molecule has 0 saturated carbocycles. The normalized spacial score (nSPS) is 11.5. The summed E-state index contributed by atoms with van der Waals surface area (Å²) in [6.07, 6.45) is 3.81. The molecule has 3 aromatic rings. The Morgan fingerprint density at radius 3 is 2.38 bits per heavy atom. The van der Waals surface area contributed by atoms with Gasteiger partial charge in [-0.05, 0) is 24.6 Å². The highest BCUT2D eigenvalue weighted by Crippen LogP contribution is 2.22. The van der Waals surface area contributed by atoms with Crippen LogP contribution in [0.2, 0.25) is 0 Å². The Morgan fingerprint density at radius 2 is 1.69 bits per heavy atom. The zero-order valence-corrected chi connectivity index (χ0v) is 17.2. The van der Waals surface area contributed by atoms with Gasteiger partial charge in [-0.15, -0.1) is 0 Å². The Labute approximate surface area is 169 Å². The molecule has 0 bridgehead atoms. The van der Waals surface area contributed by atoms with Crippen molar-refractivity contribution in [1.82, 2.24) is 9.78 Å². The number of carbonyl (C=O) groups excluding carboxylic acids is 1. The molecule has 0 atom stereocenters. The minimum absolute atomic E-state index is 0.0222. The second kappa shape index (κ2) is 8.57. The molecule has 0 aliphatic heterocycles. The van der Waals surface area contributed by atoms with Crippen LogP contribution in [0.5, 0.6) is 0 Å². The number of anilines is 1. The molecule has 0 unspecified atom stereocenters. The van der Waals surface area contributed by atoms with E-state index in [1.54, 1.807) is 36.4 Å². The number of nitrogens with zero attached hydrogens (tertiary/aromatic N) is 2. The van der Waals surface area contributed by atoms with E-state index >= 15 is 0 Å². The van der Waals surface area contributed by atoms with Crippen LogP contribution >= 0.6 is 0 Å². The minimum Gasteiger partial charge on any atom is -0.319 e. The molecule has 0 radical (unpaired) electrons. The van der Waals surface area contributed by atoms with Crippen molar-refractivity contribution in [3.05, 3.63) is 64.6 Å². The van der Waals surface area contributed by atoms with Gasteiger partial charge < -0.3 is 5.32 Å². The summed E-state index contributed by atoms with van der Waals surface area (Å²) in [4.78, 5) is 25.8. The summed E-state index contributed by atoms with van der Waals surface area (Å²) < 4.78 is 25.3. The average molecular weight is 413 g/mol. The fourth-order valence-electron chi connectivity index (χ4n) is 3.14. The summed E-state index contributed by atoms with van der Waals surface area (Å²) >= 11 is 0. The monoisotopic (exact) mass is 413 g/mol. The average Bonchev–Trinajstić information content (AvgIpc) is 2.69. The van der Waals surface area contributed by atoms with Gasteiger partial charge in [-0.1, -0.05) is 50.1 Å². The van der Waals surface area contributed by atoms with Crippen molar-refractivity contribution >= 4 is 32.2 Å². The van der Waals surface area contributed by atoms with Gasteiger partial charge in [-0.25, -0.2) is 13.1 Å². The maximum Gasteiger partial charge on any atom is 0.276 e. The third-order valence-electron chi connectivity index (χ3n) is 4.59. The van der Waals surface area contributed by atoms with Crippen LogP contribution in [0.15, 0.2) is 58.2 Å². The predicted octanol–water partition coefficient (Wildman–Crippen LogP) is 3.24. The van der Waals surface area contributed by atoms with E-state index in [2.05, 4.69) is 17.3 Å². The van der Waals surface area contributed by atoms with Gasteiger partial charge in [0.1, 0.15) is 0 Å². The highest BCUT2D eigenvalue weighted by atomic mass is 32.2. The smallest absolute Gasteiger partial charge is 0.276 e. The summed E-state index contributed by atoms with van der Waals surface area (Å²) in [7, 11) is -3.52. The van der Waals surface area contributed by atoms with Crippen molar-refractivity contribution < 1.29 is 13.2 Å². The lowest BCUT2D eigenvalue weighted by Gasteiger charge is -2.13. The molecular weight excluding hydrogens is 390 g/mol. The number of aryl methyl sites for hydroxylation is 1. The number of fused-ring (bicyclic) bond motifs is 1. The molecule has 7 nitrogen and oxygen atoms in total. The molecular formula is C21H23N3O4S. The van der Waals surface area contributed by atoms with Crippen molar-refractivity contribution in [2.24, 2.45) is 0 Å². The lowest BCUT2D eigenvalue weighted by atomic mass is 10.1. The number of hydrogen-bond acceptors (Lipinski definition) is 5. The first-order valence-electron chi connectivity index (χ1n) is 9.43. The van der Waals surface area contributed by atoms with E-state index in [-0.39, 0.29) is 21.8 Å². The Bertz CT molecular complexity index is 1220. The van der Waals surface area contributed by atoms with E-state index in [0.717, 1.165) is 25.5 Å². The summed E-state index contributed by atoms with van der Waals surface area (Å²) in [5.74, 6) is -0.568. The predicted molar refractivity (Wildman–Crippen MR) is 113 cm³/mol. The van der Waals surface area contributed by atoms with Crippen LogP contribution in [-0.2, 0) is 16.4 Å². The largest absolute Gasteiger partial charge is 0.319 e. The van der Waals surface area contributed by atoms with Crippen LogP contribution in [0.3, 0.4) is 0 Å². The number of aromatic nitrogens is 2. The maximum atomic E-state index is 13.0. The van der Waals surface area contributed by atoms with E-state index in [1.807, 2.05) is 0 Å². The standard InChI is InChI=1S/C21H23N3O4S/c1-3-4-9-14-24-21(26)16-11-6-5-10-15(16)19(23-24)20(25)22-17-12-7-8-13-18(17)29(2,27)28/h5-8,10-13H,3-4,9,14H2,1-2H3,(H,22,25). The first-order chi connectivity index (χ1) is 13.8. The van der Waals surface area contributed by atoms with Gasteiger partial charge in [0.25, 0.3) is 11.5 Å². The van der Waals surface area contributed by atoms with Crippen molar-refractivity contribution in [3.8, 4) is 0 Å². The van der Waals surface area contributed by atoms with E-state index in [0.29, 0.717) is 17.3 Å². The van der Waals surface area contributed by atoms with Crippen LogP contribution in [0.1, 0.15) is 36.7 Å². The SMILES string of the molecule is CCCCCn1nc(C(=O)Nc2ccccc2S(C)(=O)=O)c2ccccc2c1=O. The number of amides is 1. The van der Waals surface area contributed by atoms with Gasteiger partial charge in [-0.3, -0.25) is 9.59 Å². The summed E-state index contributed by atoms with van der Waals surface area (Å²) in [5.41, 5.74) is 0.0133. The molecule has 0 fully saturated rings. The molecule has 1 N–H and O–H groups in total. The molecule has 0 aliphatic carbocycles. The van der Waals surface area contributed by atoms with Crippen LogP contribution < -0.4 is 10.9 Å². The van der Waals surface area contributed by atoms with Crippen LogP contribution in [0, 0.1) is 0 Å². The van der Waals surface area contributed by atoms with E-state index in [1.165, 1.54) is 16.8 Å². The Kier molecular flexibility index (Phi) is 6.12. The number of rotatable bonds is 7. The van der Waals surface area contributed by atoms with E-state index in [4.69, 9.17) is 0 Å². The second-order valence-electron chi connectivity index (χ2n) is 6.85. The van der Waals surface area contributed by atoms with Crippen LogP contribution in [0.25, 0.3) is 10.8 Å². The second-order valence-corrected chi connectivity index (χ2v) is 8.84. The third kappa shape index (κ3) is 4.54. The highest BCUT2D eigenvalue weighted by Gasteiger charge is 2.20. The molecule has 152 valence electrons. The van der Waals surface area contributed by atoms with Crippen molar-refractivity contribution in [2.45, 2.75) is 37.6 Å². The fourth-order valence-corrected chi connectivity index (χ4v) is 3.99. The molecule has 1 amide bonds. The number of nitrogens with one attached hydrogen (secondary N) is 1. The number of para-hydroxylation sites is 1. The van der Waals surface area contributed by atoms with E-state index in [9.17, 15) is 18.0 Å². The Balaban J connectivity index is 2.06. The van der Waals surface area contributed by atoms with Crippen LogP contribution in [0.4, 0.5) is 5.69 Å². The van der Waals surface area contributed by atoms with Crippen molar-refractivity contribution in [3.63, 3.8) is 0 Å². The topological polar surface area (TPSA) is 98.1 Å². The molecule has 29 heavy (non-hydrogen) atoms. The minimum atomic E-state index is -3.52. The number of hydrogen-bond donors (Lipinski definition) is 1. The molecule has 1 heterocycles. The molecule has 1 aromatic heterocycles. The Hall–Kier alpha value is -3.00. The Morgan fingerprint density at radius 1 is 1.03 bits per heavy atom. The van der Waals surface area contributed by atoms with Gasteiger partial charge >= 0.3 is 0 Å². The molecule has 2 aromatic carbocycles. The summed E-state index contributed by atoms with van der Waals surface area (Å²) in [6, 6.07) is 13.0. The number of carbonyl (C=O) groups is 1. The van der Waals surface area contributed by atoms with Gasteiger partial charge in [-0.2, -0.15) is 5.10 Å². The fraction of sp³-hybridized carbons (Fsp3) is 0.286. The number of benzene rings is 2. The van der Waals surface area contributed by atoms with Gasteiger partial charge in [0, 0.05) is 18.2 Å². The molecule has 0 spiro atoms. The highest BCUT2D eigenvalue weighted by molar-refractivity contribution is 7.90. The third-order valence-corrected chi connectivity index (χ3v) is 5.75. The van der Waals surface area contributed by atoms with Gasteiger partial charge in [0.2, 0.25) is 0 Å².